The molecule has 0 unspecified atom stereocenters. The van der Waals surface area contributed by atoms with E-state index in [0.717, 1.165) is 5.56 Å². The van der Waals surface area contributed by atoms with Gasteiger partial charge in [0.15, 0.2) is 12.1 Å². The van der Waals surface area contributed by atoms with E-state index in [2.05, 4.69) is 0 Å². The first-order valence-corrected chi connectivity index (χ1v) is 7.82. The van der Waals surface area contributed by atoms with Gasteiger partial charge in [-0.3, -0.25) is 10.1 Å². The highest BCUT2D eigenvalue weighted by atomic mass is 16.8. The van der Waals surface area contributed by atoms with E-state index >= 15 is 0 Å². The fourth-order valence-electron chi connectivity index (χ4n) is 3.03. The number of rotatable bonds is 6. The Morgan fingerprint density at radius 1 is 1.33 bits per heavy atom. The molecule has 0 aromatic heterocycles. The second-order valence-corrected chi connectivity index (χ2v) is 6.41. The van der Waals surface area contributed by atoms with Gasteiger partial charge in [-0.2, -0.15) is 0 Å². The summed E-state index contributed by atoms with van der Waals surface area (Å²) < 4.78 is 23.0. The van der Waals surface area contributed by atoms with E-state index in [0.29, 0.717) is 0 Å². The number of fused-ring (bicyclic) bond motifs is 1. The average Bonchev–Trinajstić information content (AvgIpc) is 2.97. The van der Waals surface area contributed by atoms with Gasteiger partial charge in [0.05, 0.1) is 6.61 Å². The Morgan fingerprint density at radius 3 is 2.71 bits per heavy atom. The fourth-order valence-corrected chi connectivity index (χ4v) is 3.03. The van der Waals surface area contributed by atoms with Crippen molar-refractivity contribution in [2.24, 2.45) is 0 Å². The lowest BCUT2D eigenvalue weighted by atomic mass is 10.1. The smallest absolute Gasteiger partial charge is 0.232 e. The molecule has 2 fully saturated rings. The summed E-state index contributed by atoms with van der Waals surface area (Å²) in [6.45, 7) is 3.17. The van der Waals surface area contributed by atoms with E-state index < -0.39 is 48.0 Å². The van der Waals surface area contributed by atoms with Crippen LogP contribution in [0.1, 0.15) is 19.4 Å². The number of hydrogen-bond acceptors (Lipinski definition) is 7. The van der Waals surface area contributed by atoms with Gasteiger partial charge in [0.2, 0.25) is 6.54 Å². The predicted molar refractivity (Wildman–Crippen MR) is 81.6 cm³/mol. The normalized spacial score (nSPS) is 32.5. The molecule has 0 bridgehead atoms. The molecular weight excluding hydrogens is 318 g/mol. The van der Waals surface area contributed by atoms with E-state index in [1.54, 1.807) is 13.8 Å². The maximum absolute atomic E-state index is 10.7. The quantitative estimate of drug-likeness (QED) is 0.611. The average molecular weight is 339 g/mol. The van der Waals surface area contributed by atoms with Crippen LogP contribution < -0.4 is 0 Å². The monoisotopic (exact) mass is 339 g/mol. The molecule has 8 heteroatoms. The van der Waals surface area contributed by atoms with Crippen molar-refractivity contribution in [1.29, 1.82) is 0 Å². The Labute approximate surface area is 139 Å². The molecule has 1 aromatic rings. The molecule has 3 rings (SSSR count). The fraction of sp³-hybridized carbons (Fsp3) is 0.625. The summed E-state index contributed by atoms with van der Waals surface area (Å²) >= 11 is 0. The lowest BCUT2D eigenvalue weighted by Crippen LogP contribution is -2.45. The highest BCUT2D eigenvalue weighted by Gasteiger charge is 2.57. The lowest BCUT2D eigenvalue weighted by molar-refractivity contribution is -0.494. The number of aliphatic hydroxyl groups is 1. The number of benzene rings is 1. The first kappa shape index (κ1) is 17.2. The Morgan fingerprint density at radius 2 is 2.04 bits per heavy atom. The zero-order valence-electron chi connectivity index (χ0n) is 13.5. The van der Waals surface area contributed by atoms with Crippen LogP contribution in [-0.2, 0) is 25.6 Å². The van der Waals surface area contributed by atoms with Gasteiger partial charge in [0, 0.05) is 4.92 Å². The summed E-state index contributed by atoms with van der Waals surface area (Å²) in [5.74, 6) is -0.831. The van der Waals surface area contributed by atoms with E-state index in [-0.39, 0.29) is 6.61 Å². The van der Waals surface area contributed by atoms with Crippen molar-refractivity contribution >= 4 is 0 Å². The van der Waals surface area contributed by atoms with Crippen LogP contribution in [0.15, 0.2) is 30.3 Å². The molecule has 2 aliphatic rings. The van der Waals surface area contributed by atoms with Crippen LogP contribution in [0, 0.1) is 10.1 Å². The zero-order chi connectivity index (χ0) is 17.3. The Bertz CT molecular complexity index is 579. The maximum Gasteiger partial charge on any atom is 0.232 e. The van der Waals surface area contributed by atoms with Gasteiger partial charge >= 0.3 is 0 Å². The second-order valence-electron chi connectivity index (χ2n) is 6.41. The molecule has 2 aliphatic heterocycles. The van der Waals surface area contributed by atoms with Gasteiger partial charge in [-0.25, -0.2) is 0 Å². The van der Waals surface area contributed by atoms with Crippen molar-refractivity contribution in [2.45, 2.75) is 56.9 Å². The topological polar surface area (TPSA) is 100 Å². The maximum atomic E-state index is 10.7. The van der Waals surface area contributed by atoms with Crippen molar-refractivity contribution in [3.8, 4) is 0 Å². The summed E-state index contributed by atoms with van der Waals surface area (Å²) in [5, 5.41) is 20.8. The first-order chi connectivity index (χ1) is 11.4. The third-order valence-electron chi connectivity index (χ3n) is 4.03. The molecule has 2 saturated heterocycles. The minimum absolute atomic E-state index is 0.281. The summed E-state index contributed by atoms with van der Waals surface area (Å²) in [5.41, 5.74) is 0.946. The Balaban J connectivity index is 1.72. The van der Waals surface area contributed by atoms with E-state index in [1.807, 2.05) is 30.3 Å². The number of hydrogen-bond donors (Lipinski definition) is 1. The second kappa shape index (κ2) is 6.73. The number of nitrogens with zero attached hydrogens (tertiary/aromatic N) is 1. The minimum Gasteiger partial charge on any atom is -0.383 e. The summed E-state index contributed by atoms with van der Waals surface area (Å²) in [6.07, 6.45) is -4.11. The minimum atomic E-state index is -1.30. The molecule has 24 heavy (non-hydrogen) atoms. The lowest BCUT2D eigenvalue weighted by Gasteiger charge is -2.27. The largest absolute Gasteiger partial charge is 0.383 e. The van der Waals surface area contributed by atoms with Gasteiger partial charge in [-0.05, 0) is 19.4 Å². The van der Waals surface area contributed by atoms with E-state index in [1.165, 1.54) is 0 Å². The third kappa shape index (κ3) is 3.73. The highest BCUT2D eigenvalue weighted by Crippen LogP contribution is 2.39. The van der Waals surface area contributed by atoms with Gasteiger partial charge in [-0.15, -0.1) is 0 Å². The molecule has 1 N–H and O–H groups in total. The number of aliphatic hydroxyl groups excluding tert-OH is 1. The Kier molecular flexibility index (Phi) is 4.84. The molecule has 2 heterocycles. The molecular formula is C16H21NO7. The van der Waals surface area contributed by atoms with Crippen LogP contribution in [0.4, 0.5) is 0 Å². The van der Waals surface area contributed by atoms with Crippen LogP contribution >= 0.6 is 0 Å². The molecule has 1 aromatic carbocycles. The molecule has 8 nitrogen and oxygen atoms in total. The molecule has 0 radical (unpaired) electrons. The van der Waals surface area contributed by atoms with Crippen LogP contribution in [0.25, 0.3) is 0 Å². The highest BCUT2D eigenvalue weighted by molar-refractivity contribution is 5.13. The molecule has 132 valence electrons. The summed E-state index contributed by atoms with van der Waals surface area (Å²) in [6, 6.07) is 9.50. The van der Waals surface area contributed by atoms with Crippen LogP contribution in [0.5, 0.6) is 0 Å². The van der Waals surface area contributed by atoms with Crippen molar-refractivity contribution in [2.75, 3.05) is 6.54 Å². The number of ether oxygens (including phenoxy) is 4. The first-order valence-electron chi connectivity index (χ1n) is 7.82. The van der Waals surface area contributed by atoms with Crippen LogP contribution in [0.2, 0.25) is 0 Å². The van der Waals surface area contributed by atoms with Crippen molar-refractivity contribution in [3.05, 3.63) is 46.0 Å². The van der Waals surface area contributed by atoms with Crippen molar-refractivity contribution in [1.82, 2.24) is 0 Å². The zero-order valence-corrected chi connectivity index (χ0v) is 13.5. The van der Waals surface area contributed by atoms with E-state index in [4.69, 9.17) is 18.9 Å². The predicted octanol–water partition coefficient (Wildman–Crippen LogP) is 1.09. The van der Waals surface area contributed by atoms with Gasteiger partial charge in [0.1, 0.15) is 24.4 Å². The molecule has 0 spiro atoms. The number of nitro groups is 1. The van der Waals surface area contributed by atoms with Crippen LogP contribution in [0.3, 0.4) is 0 Å². The SMILES string of the molecule is CC1(C)O[C@H]2O[C@H]([C@@H](O)C[N+](=O)[O-])[C@H](OCc3ccccc3)[C@H]2O1. The van der Waals surface area contributed by atoms with Crippen molar-refractivity contribution < 1.29 is 29.0 Å². The van der Waals surface area contributed by atoms with E-state index in [9.17, 15) is 15.2 Å². The van der Waals surface area contributed by atoms with Gasteiger partial charge in [0.25, 0.3) is 0 Å². The van der Waals surface area contributed by atoms with Gasteiger partial charge < -0.3 is 24.1 Å². The van der Waals surface area contributed by atoms with Crippen LogP contribution in [-0.4, -0.2) is 53.1 Å². The van der Waals surface area contributed by atoms with Crippen molar-refractivity contribution in [3.63, 3.8) is 0 Å². The Hall–Kier alpha value is -1.58. The molecule has 0 saturated carbocycles. The third-order valence-corrected chi connectivity index (χ3v) is 4.03. The molecule has 0 aliphatic carbocycles. The molecule has 5 atom stereocenters. The summed E-state index contributed by atoms with van der Waals surface area (Å²) in [4.78, 5) is 10.1. The summed E-state index contributed by atoms with van der Waals surface area (Å²) in [7, 11) is 0. The standard InChI is InChI=1S/C16H21NO7/c1-16(2)23-14-13(21-9-10-6-4-3-5-7-10)12(22-15(14)24-16)11(18)8-17(19)20/h3-7,11-15,18H,8-9H2,1-2H3/t11-,12+,13-,14+,15+/m0/s1. The van der Waals surface area contributed by atoms with Gasteiger partial charge in [-0.1, -0.05) is 30.3 Å². The molecule has 0 amide bonds.